The molecular formula is C25H30BrN3O5S2. The van der Waals surface area contributed by atoms with Gasteiger partial charge >= 0.3 is 0 Å². The summed E-state index contributed by atoms with van der Waals surface area (Å²) in [5, 5.41) is 4.61. The summed E-state index contributed by atoms with van der Waals surface area (Å²) in [5.41, 5.74) is 1.99. The van der Waals surface area contributed by atoms with Crippen LogP contribution < -0.4 is 10.2 Å². The number of rotatable bonds is 9. The minimum atomic E-state index is -3.61. The van der Waals surface area contributed by atoms with Crippen molar-refractivity contribution < 1.29 is 22.7 Å². The van der Waals surface area contributed by atoms with E-state index in [4.69, 9.17) is 4.74 Å². The lowest BCUT2D eigenvalue weighted by molar-refractivity contribution is -0.120. The Morgan fingerprint density at radius 3 is 2.83 bits per heavy atom. The molecule has 2 aromatic carbocycles. The number of hydrogen-bond donors (Lipinski definition) is 1. The van der Waals surface area contributed by atoms with Gasteiger partial charge in [0.15, 0.2) is 0 Å². The number of carbonyl (C=O) groups is 2. The second-order valence-corrected chi connectivity index (χ2v) is 12.7. The highest BCUT2D eigenvalue weighted by Gasteiger charge is 2.36. The van der Waals surface area contributed by atoms with E-state index in [1.165, 1.54) is 16.1 Å². The van der Waals surface area contributed by atoms with Crippen molar-refractivity contribution in [1.82, 2.24) is 4.31 Å². The third-order valence-electron chi connectivity index (χ3n) is 6.61. The van der Waals surface area contributed by atoms with E-state index >= 15 is 0 Å². The molecule has 0 spiro atoms. The van der Waals surface area contributed by atoms with E-state index in [2.05, 4.69) is 21.2 Å². The van der Waals surface area contributed by atoms with Gasteiger partial charge in [0, 0.05) is 59.8 Å². The first-order valence-corrected chi connectivity index (χ1v) is 15.3. The third-order valence-corrected chi connectivity index (χ3v) is 10.7. The Morgan fingerprint density at radius 2 is 2.14 bits per heavy atom. The molecule has 1 fully saturated rings. The lowest BCUT2D eigenvalue weighted by atomic mass is 9.98. The first-order chi connectivity index (χ1) is 17.2. The van der Waals surface area contributed by atoms with Crippen LogP contribution in [0.4, 0.5) is 11.4 Å². The molecule has 2 amide bonds. The number of anilines is 2. The molecule has 0 saturated carbocycles. The van der Waals surface area contributed by atoms with Gasteiger partial charge in [-0.15, -0.1) is 11.8 Å². The quantitative estimate of drug-likeness (QED) is 0.418. The lowest BCUT2D eigenvalue weighted by Crippen LogP contribution is -2.43. The van der Waals surface area contributed by atoms with Crippen molar-refractivity contribution in [2.24, 2.45) is 5.92 Å². The van der Waals surface area contributed by atoms with Crippen molar-refractivity contribution >= 4 is 71.7 Å². The number of nitrogens with one attached hydrogen (secondary N) is 1. The molecule has 2 aromatic rings. The molecule has 11 heteroatoms. The van der Waals surface area contributed by atoms with Gasteiger partial charge in [-0.2, -0.15) is 4.31 Å². The molecule has 0 aromatic heterocycles. The van der Waals surface area contributed by atoms with E-state index in [1.807, 2.05) is 18.2 Å². The fourth-order valence-electron chi connectivity index (χ4n) is 4.91. The molecule has 4 rings (SSSR count). The monoisotopic (exact) mass is 595 g/mol. The number of allylic oxidation sites excluding steroid dienone is 1. The number of nitrogens with zero attached hydrogens (tertiary/aromatic N) is 2. The zero-order valence-corrected chi connectivity index (χ0v) is 23.8. The van der Waals surface area contributed by atoms with Crippen LogP contribution in [-0.2, 0) is 19.6 Å². The lowest BCUT2D eigenvalue weighted by Gasteiger charge is -2.31. The Labute approximate surface area is 224 Å². The Kier molecular flexibility index (Phi) is 8.45. The van der Waals surface area contributed by atoms with E-state index in [0.717, 1.165) is 16.5 Å². The molecule has 2 aliphatic rings. The minimum Gasteiger partial charge on any atom is -0.385 e. The third kappa shape index (κ3) is 4.96. The maximum absolute atomic E-state index is 13.3. The summed E-state index contributed by atoms with van der Waals surface area (Å²) in [7, 11) is -1.98. The number of halogens is 1. The van der Waals surface area contributed by atoms with Crippen molar-refractivity contribution in [1.29, 1.82) is 0 Å². The summed E-state index contributed by atoms with van der Waals surface area (Å²) >= 11 is 4.81. The number of hydrogen-bond acceptors (Lipinski definition) is 6. The highest BCUT2D eigenvalue weighted by atomic mass is 79.9. The Balaban J connectivity index is 1.61. The standard InChI is InChI=1S/C25H30BrN3O5S2/c1-4-21(35-3)36(32,33)28-11-6-8-16(15-28)24(30)27-20-14-19(26)23-22-17(20)9-5-10-18(22)25(31)29(23)12-7-13-34-2/h4-5,9-10,14,16H,6-8,11-13,15H2,1-3H3,(H,27,30)/b21-4+. The predicted molar refractivity (Wildman–Crippen MR) is 149 cm³/mol. The summed E-state index contributed by atoms with van der Waals surface area (Å²) in [4.78, 5) is 28.2. The predicted octanol–water partition coefficient (Wildman–Crippen LogP) is 4.80. The molecule has 0 bridgehead atoms. The van der Waals surface area contributed by atoms with Crippen LogP contribution in [0.15, 0.2) is 39.1 Å². The fraction of sp³-hybridized carbons (Fsp3) is 0.440. The highest BCUT2D eigenvalue weighted by molar-refractivity contribution is 9.10. The minimum absolute atomic E-state index is 0.0717. The molecule has 2 heterocycles. The molecule has 194 valence electrons. The SMILES string of the molecule is C/C=C(\SC)S(=O)(=O)N1CCCC(C(=O)Nc2cc(Br)c3c4c(cccc24)C(=O)N3CCCOC)C1. The van der Waals surface area contributed by atoms with E-state index in [-0.39, 0.29) is 18.4 Å². The van der Waals surface area contributed by atoms with Crippen LogP contribution >= 0.6 is 27.7 Å². The highest BCUT2D eigenvalue weighted by Crippen LogP contribution is 2.45. The fourth-order valence-corrected chi connectivity index (χ4v) is 8.24. The number of carbonyl (C=O) groups excluding carboxylic acids is 2. The number of piperidine rings is 1. The van der Waals surface area contributed by atoms with E-state index in [0.29, 0.717) is 58.9 Å². The molecule has 1 atom stereocenters. The molecule has 1 saturated heterocycles. The van der Waals surface area contributed by atoms with E-state index in [1.54, 1.807) is 37.3 Å². The average molecular weight is 597 g/mol. The van der Waals surface area contributed by atoms with Gasteiger partial charge < -0.3 is 15.0 Å². The first-order valence-electron chi connectivity index (χ1n) is 11.8. The van der Waals surface area contributed by atoms with Gasteiger partial charge in [0.05, 0.1) is 11.6 Å². The zero-order valence-electron chi connectivity index (χ0n) is 20.5. The summed E-state index contributed by atoms with van der Waals surface area (Å²) in [6.45, 7) is 3.32. The second kappa shape index (κ2) is 11.2. The number of benzene rings is 2. The maximum Gasteiger partial charge on any atom is 0.259 e. The average Bonchev–Trinajstić information content (AvgIpc) is 3.16. The summed E-state index contributed by atoms with van der Waals surface area (Å²) in [6, 6.07) is 7.34. The first kappa shape index (κ1) is 27.1. The number of sulfonamides is 1. The van der Waals surface area contributed by atoms with Crippen molar-refractivity contribution in [3.63, 3.8) is 0 Å². The molecule has 1 unspecified atom stereocenters. The van der Waals surface area contributed by atoms with Crippen molar-refractivity contribution in [3.05, 3.63) is 44.6 Å². The largest absolute Gasteiger partial charge is 0.385 e. The van der Waals surface area contributed by atoms with Crippen LogP contribution in [0, 0.1) is 5.92 Å². The molecule has 0 aliphatic carbocycles. The van der Waals surface area contributed by atoms with Crippen LogP contribution in [0.1, 0.15) is 36.5 Å². The number of ether oxygens (including phenoxy) is 1. The zero-order chi connectivity index (χ0) is 26.0. The summed E-state index contributed by atoms with van der Waals surface area (Å²) < 4.78 is 33.5. The molecule has 1 N–H and O–H groups in total. The van der Waals surface area contributed by atoms with Gasteiger partial charge in [0.2, 0.25) is 15.9 Å². The van der Waals surface area contributed by atoms with Crippen LogP contribution in [-0.4, -0.2) is 64.1 Å². The molecule has 0 radical (unpaired) electrons. The van der Waals surface area contributed by atoms with Gasteiger partial charge in [-0.3, -0.25) is 9.59 Å². The van der Waals surface area contributed by atoms with E-state index < -0.39 is 15.9 Å². The van der Waals surface area contributed by atoms with Gasteiger partial charge in [-0.1, -0.05) is 18.2 Å². The van der Waals surface area contributed by atoms with Crippen LogP contribution in [0.2, 0.25) is 0 Å². The Bertz CT molecular complexity index is 1330. The van der Waals surface area contributed by atoms with Crippen molar-refractivity contribution in [2.45, 2.75) is 26.2 Å². The van der Waals surface area contributed by atoms with Gasteiger partial charge in [-0.05, 0) is 60.5 Å². The topological polar surface area (TPSA) is 96.0 Å². The Hall–Kier alpha value is -1.92. The van der Waals surface area contributed by atoms with Crippen LogP contribution in [0.3, 0.4) is 0 Å². The summed E-state index contributed by atoms with van der Waals surface area (Å²) in [5.74, 6) is -0.769. The Morgan fingerprint density at radius 1 is 1.36 bits per heavy atom. The summed E-state index contributed by atoms with van der Waals surface area (Å²) in [6.07, 6.45) is 5.25. The number of thioether (sulfide) groups is 1. The second-order valence-electron chi connectivity index (χ2n) is 8.79. The molecule has 8 nitrogen and oxygen atoms in total. The number of methoxy groups -OCH3 is 1. The van der Waals surface area contributed by atoms with Gasteiger partial charge in [0.25, 0.3) is 5.91 Å². The normalized spacial score (nSPS) is 18.8. The van der Waals surface area contributed by atoms with Gasteiger partial charge in [-0.25, -0.2) is 8.42 Å². The molecule has 36 heavy (non-hydrogen) atoms. The molecular weight excluding hydrogens is 566 g/mol. The van der Waals surface area contributed by atoms with Crippen molar-refractivity contribution in [2.75, 3.05) is 49.8 Å². The van der Waals surface area contributed by atoms with Crippen LogP contribution in [0.25, 0.3) is 10.8 Å². The number of amides is 2. The van der Waals surface area contributed by atoms with Crippen molar-refractivity contribution in [3.8, 4) is 0 Å². The smallest absolute Gasteiger partial charge is 0.259 e. The maximum atomic E-state index is 13.3. The van der Waals surface area contributed by atoms with E-state index in [9.17, 15) is 18.0 Å². The van der Waals surface area contributed by atoms with Gasteiger partial charge in [0.1, 0.15) is 4.24 Å². The van der Waals surface area contributed by atoms with Crippen LogP contribution in [0.5, 0.6) is 0 Å². The molecule has 2 aliphatic heterocycles.